The highest BCUT2D eigenvalue weighted by Crippen LogP contribution is 2.41. The van der Waals surface area contributed by atoms with Crippen molar-refractivity contribution in [3.05, 3.63) is 94.8 Å². The van der Waals surface area contributed by atoms with E-state index in [1.54, 1.807) is 30.3 Å². The molecule has 0 unspecified atom stereocenters. The maximum atomic E-state index is 14.0. The number of nitriles is 1. The summed E-state index contributed by atoms with van der Waals surface area (Å²) in [6, 6.07) is 17.8. The van der Waals surface area contributed by atoms with Crippen molar-refractivity contribution in [3.63, 3.8) is 0 Å². The van der Waals surface area contributed by atoms with Crippen LogP contribution in [0.5, 0.6) is 5.75 Å². The molecule has 0 bridgehead atoms. The van der Waals surface area contributed by atoms with Gasteiger partial charge in [0.05, 0.1) is 28.8 Å². The molecule has 0 fully saturated rings. The number of rotatable bonds is 5. The van der Waals surface area contributed by atoms with Gasteiger partial charge in [-0.3, -0.25) is 4.79 Å². The van der Waals surface area contributed by atoms with E-state index in [0.717, 1.165) is 18.2 Å². The Morgan fingerprint density at radius 2 is 1.84 bits per heavy atom. The normalized spacial score (nSPS) is 14.2. The number of hydrogen-bond donors (Lipinski definition) is 0. The Kier molecular flexibility index (Phi) is 5.51. The maximum Gasteiger partial charge on any atom is 0.214 e. The Labute approximate surface area is 184 Å². The van der Waals surface area contributed by atoms with Crippen molar-refractivity contribution in [2.45, 2.75) is 11.8 Å². The van der Waals surface area contributed by atoms with Crippen molar-refractivity contribution in [2.24, 2.45) is 0 Å². The zero-order valence-corrected chi connectivity index (χ0v) is 17.8. The first kappa shape index (κ1) is 21.3. The van der Waals surface area contributed by atoms with Gasteiger partial charge in [0.2, 0.25) is 15.6 Å². The molecule has 0 saturated carbocycles. The van der Waals surface area contributed by atoms with Gasteiger partial charge >= 0.3 is 0 Å². The highest BCUT2D eigenvalue weighted by atomic mass is 32.2. The molecule has 3 aromatic rings. The Hall–Kier alpha value is -3.96. The lowest BCUT2D eigenvalue weighted by Gasteiger charge is -2.29. The fourth-order valence-electron chi connectivity index (χ4n) is 3.41. The van der Waals surface area contributed by atoms with Gasteiger partial charge in [-0.25, -0.2) is 12.8 Å². The molecule has 160 valence electrons. The van der Waals surface area contributed by atoms with Crippen molar-refractivity contribution < 1.29 is 22.3 Å². The topological polar surface area (TPSA) is 87.5 Å². The lowest BCUT2D eigenvalue weighted by molar-refractivity contribution is 0.104. The summed E-state index contributed by atoms with van der Waals surface area (Å²) in [7, 11) is -4.22. The molecule has 0 saturated heterocycles. The van der Waals surface area contributed by atoms with Crippen LogP contribution in [0.3, 0.4) is 0 Å². The van der Waals surface area contributed by atoms with Crippen LogP contribution in [-0.4, -0.2) is 20.8 Å². The van der Waals surface area contributed by atoms with Crippen molar-refractivity contribution in [1.82, 2.24) is 0 Å². The molecular weight excluding hydrogens is 431 g/mol. The molecule has 0 N–H and O–H groups in total. The highest BCUT2D eigenvalue weighted by molar-refractivity contribution is 7.96. The van der Waals surface area contributed by atoms with Crippen molar-refractivity contribution in [2.75, 3.05) is 11.5 Å². The second-order valence-electron chi connectivity index (χ2n) is 6.93. The zero-order valence-electron chi connectivity index (χ0n) is 16.9. The molecule has 0 atom stereocenters. The molecule has 1 aliphatic heterocycles. The summed E-state index contributed by atoms with van der Waals surface area (Å²) in [5.41, 5.74) is 0.979. The van der Waals surface area contributed by atoms with E-state index >= 15 is 0 Å². The molecule has 0 aromatic heterocycles. The summed E-state index contributed by atoms with van der Waals surface area (Å²) >= 11 is 0. The van der Waals surface area contributed by atoms with Crippen LogP contribution in [0, 0.1) is 17.1 Å². The number of carbonyl (C=O) groups excluding carboxylic acids is 1. The minimum absolute atomic E-state index is 0.0586. The second kappa shape index (κ2) is 8.29. The van der Waals surface area contributed by atoms with E-state index in [-0.39, 0.29) is 16.1 Å². The number of hydrogen-bond acceptors (Lipinski definition) is 6. The van der Waals surface area contributed by atoms with Gasteiger partial charge in [0, 0.05) is 17.5 Å². The quantitative estimate of drug-likeness (QED) is 0.414. The van der Waals surface area contributed by atoms with Crippen LogP contribution < -0.4 is 9.64 Å². The lowest BCUT2D eigenvalue weighted by atomic mass is 10.1. The molecule has 6 nitrogen and oxygen atoms in total. The second-order valence-corrected chi connectivity index (χ2v) is 8.81. The summed E-state index contributed by atoms with van der Waals surface area (Å²) in [6.07, 6.45) is 1.17. The fourth-order valence-corrected chi connectivity index (χ4v) is 4.93. The Bertz CT molecular complexity index is 1390. The number of benzene rings is 3. The van der Waals surface area contributed by atoms with E-state index < -0.39 is 26.3 Å². The Morgan fingerprint density at radius 3 is 2.53 bits per heavy atom. The van der Waals surface area contributed by atoms with E-state index in [0.29, 0.717) is 23.6 Å². The van der Waals surface area contributed by atoms with Crippen LogP contribution in [0.25, 0.3) is 0 Å². The molecule has 0 radical (unpaired) electrons. The van der Waals surface area contributed by atoms with E-state index in [1.165, 1.54) is 29.3 Å². The number of ether oxygens (including phenoxy) is 1. The monoisotopic (exact) mass is 448 g/mol. The van der Waals surface area contributed by atoms with Gasteiger partial charge in [0.15, 0.2) is 0 Å². The van der Waals surface area contributed by atoms with Gasteiger partial charge in [-0.15, -0.1) is 0 Å². The minimum atomic E-state index is -4.22. The van der Waals surface area contributed by atoms with Crippen LogP contribution in [0.2, 0.25) is 0 Å². The third kappa shape index (κ3) is 3.74. The predicted octanol–water partition coefficient (Wildman–Crippen LogP) is 4.75. The summed E-state index contributed by atoms with van der Waals surface area (Å²) in [6.45, 7) is 2.28. The Morgan fingerprint density at radius 1 is 1.09 bits per heavy atom. The molecule has 8 heteroatoms. The van der Waals surface area contributed by atoms with E-state index in [9.17, 15) is 22.9 Å². The summed E-state index contributed by atoms with van der Waals surface area (Å²) < 4.78 is 46.0. The standard InChI is InChI=1S/C24H17FN2O4S/c1-2-31-20-9-6-17(7-10-20)24(28)23-15-27(19-5-3-4-16(12-19)14-26)21-13-18(25)8-11-22(21)32(23,29)30/h3-13,15H,2H2,1H3. The fraction of sp³-hybridized carbons (Fsp3) is 0.0833. The van der Waals surface area contributed by atoms with Crippen molar-refractivity contribution >= 4 is 27.0 Å². The summed E-state index contributed by atoms with van der Waals surface area (Å²) in [4.78, 5) is 14.0. The molecular formula is C24H17FN2O4S. The number of nitrogens with zero attached hydrogens (tertiary/aromatic N) is 2. The Balaban J connectivity index is 1.87. The number of allylic oxidation sites excluding steroid dienone is 1. The molecule has 1 heterocycles. The van der Waals surface area contributed by atoms with Gasteiger partial charge in [-0.1, -0.05) is 6.07 Å². The van der Waals surface area contributed by atoms with Crippen LogP contribution >= 0.6 is 0 Å². The van der Waals surface area contributed by atoms with Crippen LogP contribution in [0.15, 0.2) is 82.7 Å². The largest absolute Gasteiger partial charge is 0.494 e. The summed E-state index contributed by atoms with van der Waals surface area (Å²) in [5.74, 6) is -0.778. The smallest absolute Gasteiger partial charge is 0.214 e. The number of ketones is 1. The van der Waals surface area contributed by atoms with E-state index in [4.69, 9.17) is 4.74 Å². The number of Topliss-reactive ketones (excluding diaryl/α,β-unsaturated/α-hetero) is 1. The van der Waals surface area contributed by atoms with Crippen molar-refractivity contribution in [3.8, 4) is 11.8 Å². The van der Waals surface area contributed by atoms with Gasteiger partial charge in [-0.2, -0.15) is 5.26 Å². The van der Waals surface area contributed by atoms with Gasteiger partial charge in [-0.05, 0) is 67.6 Å². The van der Waals surface area contributed by atoms with Crippen LogP contribution in [-0.2, 0) is 9.84 Å². The SMILES string of the molecule is CCOc1ccc(C(=O)C2=CN(c3cccc(C#N)c3)c3cc(F)ccc3S2(=O)=O)cc1. The minimum Gasteiger partial charge on any atom is -0.494 e. The highest BCUT2D eigenvalue weighted by Gasteiger charge is 2.36. The number of anilines is 2. The van der Waals surface area contributed by atoms with Gasteiger partial charge in [0.1, 0.15) is 16.5 Å². The predicted molar refractivity (Wildman–Crippen MR) is 117 cm³/mol. The third-order valence-corrected chi connectivity index (χ3v) is 6.70. The number of fused-ring (bicyclic) bond motifs is 1. The third-order valence-electron chi connectivity index (χ3n) is 4.91. The number of sulfone groups is 1. The molecule has 3 aromatic carbocycles. The van der Waals surface area contributed by atoms with Gasteiger partial charge < -0.3 is 9.64 Å². The molecule has 0 aliphatic carbocycles. The zero-order chi connectivity index (χ0) is 22.9. The van der Waals surface area contributed by atoms with Crippen LogP contribution in [0.1, 0.15) is 22.8 Å². The first-order valence-corrected chi connectivity index (χ1v) is 11.2. The van der Waals surface area contributed by atoms with Crippen LogP contribution in [0.4, 0.5) is 15.8 Å². The van der Waals surface area contributed by atoms with E-state index in [2.05, 4.69) is 0 Å². The van der Waals surface area contributed by atoms with Gasteiger partial charge in [0.25, 0.3) is 0 Å². The average Bonchev–Trinajstić information content (AvgIpc) is 2.79. The number of carbonyl (C=O) groups is 1. The molecule has 1 aliphatic rings. The molecule has 4 rings (SSSR count). The van der Waals surface area contributed by atoms with E-state index in [1.807, 2.05) is 13.0 Å². The first-order valence-electron chi connectivity index (χ1n) is 9.68. The molecule has 32 heavy (non-hydrogen) atoms. The first-order chi connectivity index (χ1) is 15.3. The lowest BCUT2D eigenvalue weighted by Crippen LogP contribution is -2.26. The van der Waals surface area contributed by atoms with Crippen molar-refractivity contribution in [1.29, 1.82) is 5.26 Å². The molecule has 0 amide bonds. The molecule has 0 spiro atoms. The number of halogens is 1. The summed E-state index contributed by atoms with van der Waals surface area (Å²) in [5, 5.41) is 9.23. The average molecular weight is 448 g/mol. The maximum absolute atomic E-state index is 14.0.